The van der Waals surface area contributed by atoms with Crippen molar-refractivity contribution in [1.82, 2.24) is 4.90 Å². The number of piperidine rings is 1. The molecule has 1 saturated heterocycles. The Morgan fingerprint density at radius 1 is 1.50 bits per heavy atom. The highest BCUT2D eigenvalue weighted by Crippen LogP contribution is 2.15. The van der Waals surface area contributed by atoms with E-state index in [0.717, 1.165) is 0 Å². The summed E-state index contributed by atoms with van der Waals surface area (Å²) in [6.07, 6.45) is 4.28. The molecule has 2 nitrogen and oxygen atoms in total. The van der Waals surface area contributed by atoms with Gasteiger partial charge in [0.25, 0.3) is 0 Å². The Morgan fingerprint density at radius 3 is 2.60 bits per heavy atom. The van der Waals surface area contributed by atoms with Gasteiger partial charge in [0.2, 0.25) is 0 Å². The summed E-state index contributed by atoms with van der Waals surface area (Å²) in [6.45, 7) is 2.34. The zero-order valence-electron chi connectivity index (χ0n) is 6.43. The van der Waals surface area contributed by atoms with Crippen LogP contribution in [0.2, 0.25) is 0 Å². The summed E-state index contributed by atoms with van der Waals surface area (Å²) in [5, 5.41) is 6.77. The Hall–Kier alpha value is -0.590. The molecule has 0 aromatic heterocycles. The molecule has 0 saturated carbocycles. The molecule has 1 heterocycles. The van der Waals surface area contributed by atoms with Gasteiger partial charge in [-0.3, -0.25) is 5.41 Å². The molecule has 1 rings (SSSR count). The van der Waals surface area contributed by atoms with Crippen LogP contribution in [-0.2, 0) is 0 Å². The van der Waals surface area contributed by atoms with Crippen molar-refractivity contribution in [3.8, 4) is 0 Å². The number of hydrogen-bond acceptors (Lipinski definition) is 2. The zero-order valence-corrected chi connectivity index (χ0v) is 6.43. The molecule has 0 spiro atoms. The average molecular weight is 138 g/mol. The molecule has 0 unspecified atom stereocenters. The first kappa shape index (κ1) is 7.52. The highest BCUT2D eigenvalue weighted by Gasteiger charge is 2.13. The smallest absolute Gasteiger partial charge is 0.00159 e. The molecule has 0 amide bonds. The first-order valence-electron chi connectivity index (χ1n) is 3.77. The maximum absolute atomic E-state index is 6.77. The van der Waals surface area contributed by atoms with E-state index in [2.05, 4.69) is 17.8 Å². The third-order valence-corrected chi connectivity index (χ3v) is 2.08. The van der Waals surface area contributed by atoms with E-state index in [9.17, 15) is 0 Å². The topological polar surface area (TPSA) is 27.1 Å². The van der Waals surface area contributed by atoms with Crippen LogP contribution in [0.15, 0.2) is 6.08 Å². The Labute approximate surface area is 62.0 Å². The van der Waals surface area contributed by atoms with E-state index in [0.29, 0.717) is 5.92 Å². The van der Waals surface area contributed by atoms with Crippen LogP contribution in [0.1, 0.15) is 12.8 Å². The van der Waals surface area contributed by atoms with Gasteiger partial charge in [0, 0.05) is 0 Å². The number of nitrogens with one attached hydrogen (secondary N) is 1. The monoisotopic (exact) mass is 138 g/mol. The van der Waals surface area contributed by atoms with E-state index in [-0.39, 0.29) is 0 Å². The number of allylic oxidation sites excluding steroid dienone is 1. The highest BCUT2D eigenvalue weighted by molar-refractivity contribution is 5.47. The summed E-state index contributed by atoms with van der Waals surface area (Å²) in [5.41, 5.74) is 0. The van der Waals surface area contributed by atoms with Crippen LogP contribution in [0.5, 0.6) is 0 Å². The van der Waals surface area contributed by atoms with Crippen LogP contribution < -0.4 is 0 Å². The fraction of sp³-hybridized carbons (Fsp3) is 0.750. The van der Waals surface area contributed by atoms with Crippen molar-refractivity contribution in [1.29, 1.82) is 5.41 Å². The van der Waals surface area contributed by atoms with E-state index in [1.54, 1.807) is 0 Å². The third-order valence-electron chi connectivity index (χ3n) is 2.08. The highest BCUT2D eigenvalue weighted by atomic mass is 15.1. The quantitative estimate of drug-likeness (QED) is 0.540. The van der Waals surface area contributed by atoms with Gasteiger partial charge in [-0.15, -0.1) is 0 Å². The minimum atomic E-state index is 0.619. The Kier molecular flexibility index (Phi) is 2.67. The summed E-state index contributed by atoms with van der Waals surface area (Å²) in [6, 6.07) is 0. The Morgan fingerprint density at radius 2 is 2.10 bits per heavy atom. The lowest BCUT2D eigenvalue weighted by atomic mass is 9.98. The zero-order chi connectivity index (χ0) is 7.40. The minimum Gasteiger partial charge on any atom is -0.306 e. The van der Waals surface area contributed by atoms with Gasteiger partial charge in [0.05, 0.1) is 0 Å². The average Bonchev–Trinajstić information content (AvgIpc) is 1.95. The standard InChI is InChI=1S/C8H14N2/c1-10-6-3-8(2-5-9)4-7-10/h2,8-9H,3-4,6-7H2,1H3. The molecule has 1 aliphatic rings. The number of rotatable bonds is 1. The summed E-state index contributed by atoms with van der Waals surface area (Å²) < 4.78 is 0. The molecule has 0 aliphatic carbocycles. The van der Waals surface area contributed by atoms with Gasteiger partial charge in [0.1, 0.15) is 0 Å². The lowest BCUT2D eigenvalue weighted by molar-refractivity contribution is 0.244. The van der Waals surface area contributed by atoms with Crippen molar-refractivity contribution in [2.24, 2.45) is 5.92 Å². The van der Waals surface area contributed by atoms with Crippen molar-refractivity contribution >= 4 is 5.87 Å². The van der Waals surface area contributed by atoms with Gasteiger partial charge in [-0.05, 0) is 50.8 Å². The molecule has 0 aromatic carbocycles. The molecule has 56 valence electrons. The van der Waals surface area contributed by atoms with Crippen molar-refractivity contribution in [2.75, 3.05) is 20.1 Å². The van der Waals surface area contributed by atoms with Crippen LogP contribution in [0, 0.1) is 11.3 Å². The van der Waals surface area contributed by atoms with Crippen molar-refractivity contribution in [3.05, 3.63) is 6.08 Å². The number of nitrogens with zero attached hydrogens (tertiary/aromatic N) is 1. The van der Waals surface area contributed by atoms with Gasteiger partial charge in [-0.1, -0.05) is 0 Å². The molecule has 0 radical (unpaired) electrons. The molecule has 0 aromatic rings. The van der Waals surface area contributed by atoms with Crippen molar-refractivity contribution in [2.45, 2.75) is 12.8 Å². The van der Waals surface area contributed by atoms with Crippen molar-refractivity contribution < 1.29 is 0 Å². The summed E-state index contributed by atoms with van der Waals surface area (Å²) in [4.78, 5) is 2.33. The SMILES string of the molecule is CN1CCC(C=C=N)CC1. The predicted octanol–water partition coefficient (Wildman–Crippen LogP) is 1.13. The van der Waals surface area contributed by atoms with Crippen LogP contribution in [0.25, 0.3) is 0 Å². The maximum Gasteiger partial charge on any atom is -0.00159 e. The molecule has 0 bridgehead atoms. The molecule has 0 atom stereocenters. The Balaban J connectivity index is 2.32. The first-order chi connectivity index (χ1) is 4.83. The van der Waals surface area contributed by atoms with Crippen LogP contribution >= 0.6 is 0 Å². The number of likely N-dealkylation sites (tertiary alicyclic amines) is 1. The van der Waals surface area contributed by atoms with Gasteiger partial charge in [-0.25, -0.2) is 0 Å². The van der Waals surface area contributed by atoms with Crippen LogP contribution in [0.4, 0.5) is 0 Å². The second-order valence-corrected chi connectivity index (χ2v) is 2.95. The molecule has 10 heavy (non-hydrogen) atoms. The van der Waals surface area contributed by atoms with E-state index in [1.807, 2.05) is 6.08 Å². The van der Waals surface area contributed by atoms with E-state index >= 15 is 0 Å². The van der Waals surface area contributed by atoms with E-state index in [1.165, 1.54) is 25.9 Å². The van der Waals surface area contributed by atoms with Crippen molar-refractivity contribution in [3.63, 3.8) is 0 Å². The largest absolute Gasteiger partial charge is 0.306 e. The summed E-state index contributed by atoms with van der Waals surface area (Å²) >= 11 is 0. The molecule has 1 fully saturated rings. The minimum absolute atomic E-state index is 0.619. The second-order valence-electron chi connectivity index (χ2n) is 2.95. The first-order valence-corrected chi connectivity index (χ1v) is 3.77. The van der Waals surface area contributed by atoms with Gasteiger partial charge in [0.15, 0.2) is 0 Å². The predicted molar refractivity (Wildman–Crippen MR) is 42.5 cm³/mol. The van der Waals surface area contributed by atoms with E-state index < -0.39 is 0 Å². The summed E-state index contributed by atoms with van der Waals surface area (Å²) in [7, 11) is 2.14. The fourth-order valence-electron chi connectivity index (χ4n) is 1.31. The molecular weight excluding hydrogens is 124 g/mol. The van der Waals surface area contributed by atoms with Gasteiger partial charge >= 0.3 is 0 Å². The number of hydrogen-bond donors (Lipinski definition) is 1. The Bertz CT molecular complexity index is 139. The normalized spacial score (nSPS) is 22.1. The molecule has 1 aliphatic heterocycles. The third kappa shape index (κ3) is 1.98. The van der Waals surface area contributed by atoms with Gasteiger partial charge < -0.3 is 4.90 Å². The van der Waals surface area contributed by atoms with Crippen LogP contribution in [0.3, 0.4) is 0 Å². The maximum atomic E-state index is 6.77. The molecule has 2 heteroatoms. The van der Waals surface area contributed by atoms with Crippen LogP contribution in [-0.4, -0.2) is 30.9 Å². The lowest BCUT2D eigenvalue weighted by Gasteiger charge is -2.26. The lowest BCUT2D eigenvalue weighted by Crippen LogP contribution is -2.29. The van der Waals surface area contributed by atoms with Gasteiger partial charge in [-0.2, -0.15) is 0 Å². The second kappa shape index (κ2) is 3.55. The molecular formula is C8H14N2. The molecule has 1 N–H and O–H groups in total. The van der Waals surface area contributed by atoms with E-state index in [4.69, 9.17) is 5.41 Å². The summed E-state index contributed by atoms with van der Waals surface area (Å²) in [5.74, 6) is 2.98. The fourth-order valence-corrected chi connectivity index (χ4v) is 1.31.